The van der Waals surface area contributed by atoms with Gasteiger partial charge in [-0.2, -0.15) is 0 Å². The van der Waals surface area contributed by atoms with Crippen LogP contribution in [0.5, 0.6) is 0 Å². The molecule has 1 aliphatic rings. The van der Waals surface area contributed by atoms with Crippen LogP contribution < -0.4 is 5.32 Å². The van der Waals surface area contributed by atoms with E-state index in [1.54, 1.807) is 0 Å². The topological polar surface area (TPSA) is 37.3 Å². The van der Waals surface area contributed by atoms with Crippen LogP contribution in [0.2, 0.25) is 0 Å². The Labute approximate surface area is 158 Å². The highest BCUT2D eigenvalue weighted by Gasteiger charge is 2.26. The summed E-state index contributed by atoms with van der Waals surface area (Å²) in [6.07, 6.45) is 2.09. The molecule has 0 spiro atoms. The van der Waals surface area contributed by atoms with Crippen molar-refractivity contribution in [2.24, 2.45) is 0 Å². The second-order valence-electron chi connectivity index (χ2n) is 6.91. The predicted octanol–water partition coefficient (Wildman–Crippen LogP) is 3.44. The maximum Gasteiger partial charge on any atom is 0.251 e. The van der Waals surface area contributed by atoms with E-state index in [1.165, 1.54) is 35.5 Å². The summed E-state index contributed by atoms with van der Waals surface area (Å²) in [7, 11) is 0. The third kappa shape index (κ3) is 4.09. The van der Waals surface area contributed by atoms with Crippen molar-refractivity contribution in [3.63, 3.8) is 0 Å². The molecule has 2 heterocycles. The van der Waals surface area contributed by atoms with Crippen molar-refractivity contribution < 1.29 is 9.18 Å². The summed E-state index contributed by atoms with van der Waals surface area (Å²) in [6.45, 7) is 3.06. The van der Waals surface area contributed by atoms with Crippen LogP contribution in [0.25, 0.3) is 0 Å². The minimum atomic E-state index is -0.340. The highest BCUT2D eigenvalue weighted by atomic mass is 19.1. The third-order valence-corrected chi connectivity index (χ3v) is 5.05. The first-order valence-corrected chi connectivity index (χ1v) is 9.15. The van der Waals surface area contributed by atoms with Crippen molar-refractivity contribution in [2.75, 3.05) is 6.54 Å². The van der Waals surface area contributed by atoms with Crippen molar-refractivity contribution >= 4 is 5.91 Å². The van der Waals surface area contributed by atoms with Crippen LogP contribution in [0, 0.1) is 5.82 Å². The van der Waals surface area contributed by atoms with Gasteiger partial charge in [0.05, 0.1) is 0 Å². The lowest BCUT2D eigenvalue weighted by molar-refractivity contribution is 0.0898. The molecule has 1 aliphatic heterocycles. The molecule has 5 heteroatoms. The normalized spacial score (nSPS) is 16.7. The number of carbonyl (C=O) groups excluding carboxylic acids is 1. The summed E-state index contributed by atoms with van der Waals surface area (Å²) in [5.41, 5.74) is 3.02. The Kier molecular flexibility index (Phi) is 5.03. The Morgan fingerprint density at radius 3 is 2.59 bits per heavy atom. The van der Waals surface area contributed by atoms with Gasteiger partial charge in [-0.3, -0.25) is 9.69 Å². The number of nitrogens with zero attached hydrogens (tertiary/aromatic N) is 2. The van der Waals surface area contributed by atoms with Gasteiger partial charge in [0.15, 0.2) is 0 Å². The lowest BCUT2D eigenvalue weighted by Crippen LogP contribution is -2.48. The van der Waals surface area contributed by atoms with E-state index in [0.29, 0.717) is 12.1 Å². The highest BCUT2D eigenvalue weighted by Crippen LogP contribution is 2.20. The zero-order valence-electron chi connectivity index (χ0n) is 15.0. The third-order valence-electron chi connectivity index (χ3n) is 5.05. The molecule has 4 rings (SSSR count). The maximum absolute atomic E-state index is 13.1. The molecule has 2 aromatic carbocycles. The molecule has 1 unspecified atom stereocenters. The second-order valence-corrected chi connectivity index (χ2v) is 6.91. The van der Waals surface area contributed by atoms with Gasteiger partial charge < -0.3 is 9.88 Å². The van der Waals surface area contributed by atoms with Crippen molar-refractivity contribution in [3.05, 3.63) is 95.6 Å². The van der Waals surface area contributed by atoms with E-state index in [0.717, 1.165) is 19.6 Å². The van der Waals surface area contributed by atoms with E-state index in [2.05, 4.69) is 45.2 Å². The van der Waals surface area contributed by atoms with Gasteiger partial charge >= 0.3 is 0 Å². The quantitative estimate of drug-likeness (QED) is 0.754. The van der Waals surface area contributed by atoms with Crippen LogP contribution in [0.4, 0.5) is 4.39 Å². The lowest BCUT2D eigenvalue weighted by atomic mass is 10.1. The number of nitrogens with one attached hydrogen (secondary N) is 1. The number of fused-ring (bicyclic) bond motifs is 1. The summed E-state index contributed by atoms with van der Waals surface area (Å²) in [6, 6.07) is 20.4. The number of carbonyl (C=O) groups is 1. The number of halogens is 1. The van der Waals surface area contributed by atoms with Gasteiger partial charge in [-0.15, -0.1) is 0 Å². The van der Waals surface area contributed by atoms with Gasteiger partial charge in [0.25, 0.3) is 5.91 Å². The molecule has 0 saturated carbocycles. The molecule has 1 atom stereocenters. The van der Waals surface area contributed by atoms with E-state index in [1.807, 2.05) is 18.2 Å². The van der Waals surface area contributed by atoms with Crippen LogP contribution in [-0.4, -0.2) is 28.0 Å². The molecule has 4 nitrogen and oxygen atoms in total. The molecule has 0 radical (unpaired) electrons. The molecule has 0 bridgehead atoms. The summed E-state index contributed by atoms with van der Waals surface area (Å²) in [5.74, 6) is -0.513. The number of benzene rings is 2. The number of rotatable bonds is 5. The minimum absolute atomic E-state index is 0.173. The average molecular weight is 363 g/mol. The summed E-state index contributed by atoms with van der Waals surface area (Å²) >= 11 is 0. The SMILES string of the molecule is O=C(NCC1Cn2cccc2CN1Cc1ccccc1)c1ccc(F)cc1. The molecule has 3 aromatic rings. The molecule has 138 valence electrons. The Balaban J connectivity index is 1.46. The summed E-state index contributed by atoms with van der Waals surface area (Å²) < 4.78 is 15.3. The maximum atomic E-state index is 13.1. The van der Waals surface area contributed by atoms with Crippen LogP contribution in [0.1, 0.15) is 21.6 Å². The van der Waals surface area contributed by atoms with Crippen molar-refractivity contribution in [2.45, 2.75) is 25.7 Å². The molecular weight excluding hydrogens is 341 g/mol. The van der Waals surface area contributed by atoms with Gasteiger partial charge in [0.2, 0.25) is 0 Å². The molecule has 1 aromatic heterocycles. The van der Waals surface area contributed by atoms with Crippen LogP contribution in [0.15, 0.2) is 72.9 Å². The zero-order chi connectivity index (χ0) is 18.6. The van der Waals surface area contributed by atoms with Gasteiger partial charge in [0, 0.05) is 49.7 Å². The Bertz CT molecular complexity index is 905. The van der Waals surface area contributed by atoms with E-state index < -0.39 is 0 Å². The smallest absolute Gasteiger partial charge is 0.251 e. The molecule has 1 N–H and O–H groups in total. The molecule has 0 saturated heterocycles. The summed E-state index contributed by atoms with van der Waals surface area (Å²) in [5, 5.41) is 3.01. The fraction of sp³-hybridized carbons (Fsp3) is 0.227. The Morgan fingerprint density at radius 2 is 1.81 bits per heavy atom. The average Bonchev–Trinajstić information content (AvgIpc) is 3.14. The van der Waals surface area contributed by atoms with Crippen molar-refractivity contribution in [1.82, 2.24) is 14.8 Å². The Morgan fingerprint density at radius 1 is 1.04 bits per heavy atom. The standard InChI is InChI=1S/C22H22FN3O/c23-19-10-8-18(9-11-19)22(27)24-13-21-16-25-12-4-7-20(25)15-26(21)14-17-5-2-1-3-6-17/h1-12,21H,13-16H2,(H,24,27). The molecular formula is C22H22FN3O. The zero-order valence-corrected chi connectivity index (χ0v) is 15.0. The van der Waals surface area contributed by atoms with Crippen LogP contribution >= 0.6 is 0 Å². The minimum Gasteiger partial charge on any atom is -0.350 e. The lowest BCUT2D eigenvalue weighted by Gasteiger charge is -2.37. The van der Waals surface area contributed by atoms with Crippen LogP contribution in [-0.2, 0) is 19.6 Å². The number of aromatic nitrogens is 1. The number of hydrogen-bond donors (Lipinski definition) is 1. The molecule has 0 aliphatic carbocycles. The largest absolute Gasteiger partial charge is 0.350 e. The fourth-order valence-corrected chi connectivity index (χ4v) is 3.56. The van der Waals surface area contributed by atoms with E-state index >= 15 is 0 Å². The van der Waals surface area contributed by atoms with E-state index in [4.69, 9.17) is 0 Å². The fourth-order valence-electron chi connectivity index (χ4n) is 3.56. The van der Waals surface area contributed by atoms with Crippen LogP contribution in [0.3, 0.4) is 0 Å². The Hall–Kier alpha value is -2.92. The monoisotopic (exact) mass is 363 g/mol. The van der Waals surface area contributed by atoms with Crippen molar-refractivity contribution in [1.29, 1.82) is 0 Å². The van der Waals surface area contributed by atoms with Gasteiger partial charge in [0.1, 0.15) is 5.82 Å². The van der Waals surface area contributed by atoms with E-state index in [9.17, 15) is 9.18 Å². The van der Waals surface area contributed by atoms with Gasteiger partial charge in [-0.25, -0.2) is 4.39 Å². The molecule has 0 fully saturated rings. The molecule has 1 amide bonds. The van der Waals surface area contributed by atoms with Crippen molar-refractivity contribution in [3.8, 4) is 0 Å². The number of amides is 1. The highest BCUT2D eigenvalue weighted by molar-refractivity contribution is 5.94. The first-order valence-electron chi connectivity index (χ1n) is 9.15. The second kappa shape index (κ2) is 7.76. The van der Waals surface area contributed by atoms with E-state index in [-0.39, 0.29) is 17.8 Å². The van der Waals surface area contributed by atoms with Gasteiger partial charge in [-0.05, 0) is 42.0 Å². The number of hydrogen-bond acceptors (Lipinski definition) is 2. The first-order chi connectivity index (χ1) is 13.2. The van der Waals surface area contributed by atoms with Gasteiger partial charge in [-0.1, -0.05) is 30.3 Å². The molecule has 27 heavy (non-hydrogen) atoms. The predicted molar refractivity (Wildman–Crippen MR) is 103 cm³/mol. The summed E-state index contributed by atoms with van der Waals surface area (Å²) in [4.78, 5) is 14.8. The first kappa shape index (κ1) is 17.5.